The average Bonchev–Trinajstić information content (AvgIpc) is 3.02. The predicted molar refractivity (Wildman–Crippen MR) is 75.1 cm³/mol. The molecule has 0 heterocycles. The molecule has 1 amide bonds. The number of amides is 1. The average molecular weight is 309 g/mol. The van der Waals surface area contributed by atoms with Crippen molar-refractivity contribution in [2.45, 2.75) is 44.1 Å². The van der Waals surface area contributed by atoms with Crippen LogP contribution in [0.5, 0.6) is 0 Å². The first-order valence-electron chi connectivity index (χ1n) is 7.35. The second kappa shape index (κ2) is 5.04. The Labute approximate surface area is 126 Å². The normalized spacial score (nSPS) is 29.1. The smallest absolute Gasteiger partial charge is 0.335 e. The van der Waals surface area contributed by atoms with Gasteiger partial charge in [0.25, 0.3) is 11.8 Å². The molecule has 3 rings (SSSR count). The first kappa shape index (κ1) is 14.9. The highest BCUT2D eigenvalue weighted by Crippen LogP contribution is 2.67. The van der Waals surface area contributed by atoms with Crippen LogP contribution >= 0.6 is 0 Å². The molecule has 0 radical (unpaired) electrons. The second-order valence-electron chi connectivity index (χ2n) is 6.29. The van der Waals surface area contributed by atoms with Crippen LogP contribution in [0.4, 0.5) is 8.78 Å². The fourth-order valence-corrected chi connectivity index (χ4v) is 3.27. The van der Waals surface area contributed by atoms with Gasteiger partial charge in [0.1, 0.15) is 0 Å². The molecule has 1 aromatic rings. The minimum atomic E-state index is -2.52. The van der Waals surface area contributed by atoms with E-state index in [-0.39, 0.29) is 23.9 Å². The van der Waals surface area contributed by atoms with Crippen molar-refractivity contribution in [2.75, 3.05) is 0 Å². The van der Waals surface area contributed by atoms with Crippen LogP contribution in [0.25, 0.3) is 0 Å². The number of carbonyl (C=O) groups is 2. The van der Waals surface area contributed by atoms with Gasteiger partial charge in [-0.05, 0) is 49.9 Å². The number of hydrogen-bond donors (Lipinski definition) is 2. The van der Waals surface area contributed by atoms with Crippen molar-refractivity contribution in [2.24, 2.45) is 5.41 Å². The van der Waals surface area contributed by atoms with Gasteiger partial charge in [-0.15, -0.1) is 0 Å². The molecule has 1 aromatic carbocycles. The summed E-state index contributed by atoms with van der Waals surface area (Å²) in [5.74, 6) is -3.86. The van der Waals surface area contributed by atoms with Crippen molar-refractivity contribution in [3.05, 3.63) is 35.4 Å². The van der Waals surface area contributed by atoms with Crippen LogP contribution < -0.4 is 5.32 Å². The largest absolute Gasteiger partial charge is 0.478 e. The van der Waals surface area contributed by atoms with Gasteiger partial charge < -0.3 is 10.4 Å². The molecule has 0 aliphatic heterocycles. The van der Waals surface area contributed by atoms with Crippen molar-refractivity contribution >= 4 is 11.9 Å². The Morgan fingerprint density at radius 2 is 1.59 bits per heavy atom. The Hall–Kier alpha value is -1.98. The quantitative estimate of drug-likeness (QED) is 0.901. The van der Waals surface area contributed by atoms with Gasteiger partial charge in [0.2, 0.25) is 0 Å². The Morgan fingerprint density at radius 1 is 1.09 bits per heavy atom. The molecule has 22 heavy (non-hydrogen) atoms. The molecule has 2 saturated carbocycles. The van der Waals surface area contributed by atoms with Crippen molar-refractivity contribution in [3.8, 4) is 0 Å². The van der Waals surface area contributed by atoms with Crippen molar-refractivity contribution in [1.82, 2.24) is 5.32 Å². The highest BCUT2D eigenvalue weighted by Gasteiger charge is 2.70. The zero-order valence-corrected chi connectivity index (χ0v) is 11.9. The monoisotopic (exact) mass is 309 g/mol. The molecule has 118 valence electrons. The Kier molecular flexibility index (Phi) is 3.42. The molecule has 0 atom stereocenters. The van der Waals surface area contributed by atoms with Gasteiger partial charge in [-0.3, -0.25) is 4.79 Å². The van der Waals surface area contributed by atoms with Gasteiger partial charge >= 0.3 is 5.97 Å². The van der Waals surface area contributed by atoms with E-state index in [2.05, 4.69) is 5.32 Å². The zero-order chi connectivity index (χ0) is 16.0. The molecule has 0 unspecified atom stereocenters. The van der Waals surface area contributed by atoms with Crippen molar-refractivity contribution in [1.29, 1.82) is 0 Å². The standard InChI is InChI=1S/C16H17F2NO3/c17-16(18)9-15(16)7-5-12(6-8-15)19-13(20)10-1-3-11(4-2-10)14(21)22/h1-4,12H,5-9H2,(H,19,20)(H,21,22). The van der Waals surface area contributed by atoms with Gasteiger partial charge in [0.05, 0.1) is 5.56 Å². The van der Waals surface area contributed by atoms with Gasteiger partial charge in [-0.2, -0.15) is 0 Å². The molecule has 2 aliphatic carbocycles. The molecule has 0 saturated heterocycles. The lowest BCUT2D eigenvalue weighted by Crippen LogP contribution is -2.38. The topological polar surface area (TPSA) is 66.4 Å². The number of benzene rings is 1. The lowest BCUT2D eigenvalue weighted by molar-refractivity contribution is 0.0435. The number of hydrogen-bond acceptors (Lipinski definition) is 2. The molecular formula is C16H17F2NO3. The van der Waals surface area contributed by atoms with Crippen LogP contribution in [-0.2, 0) is 0 Å². The highest BCUT2D eigenvalue weighted by atomic mass is 19.3. The summed E-state index contributed by atoms with van der Waals surface area (Å²) in [7, 11) is 0. The third kappa shape index (κ3) is 2.58. The Morgan fingerprint density at radius 3 is 2.05 bits per heavy atom. The van der Waals surface area contributed by atoms with E-state index in [0.717, 1.165) is 0 Å². The molecule has 0 bridgehead atoms. The summed E-state index contributed by atoms with van der Waals surface area (Å²) in [4.78, 5) is 22.8. The number of rotatable bonds is 3. The summed E-state index contributed by atoms with van der Waals surface area (Å²) >= 11 is 0. The van der Waals surface area contributed by atoms with Crippen LogP contribution in [0.1, 0.15) is 52.8 Å². The molecule has 2 N–H and O–H groups in total. The second-order valence-corrected chi connectivity index (χ2v) is 6.29. The van der Waals surface area contributed by atoms with E-state index in [1.807, 2.05) is 0 Å². The first-order chi connectivity index (χ1) is 10.3. The Balaban J connectivity index is 1.55. The van der Waals surface area contributed by atoms with Gasteiger partial charge in [0.15, 0.2) is 0 Å². The van der Waals surface area contributed by atoms with E-state index in [1.165, 1.54) is 24.3 Å². The molecule has 0 aromatic heterocycles. The van der Waals surface area contributed by atoms with Crippen LogP contribution in [0.15, 0.2) is 24.3 Å². The molecule has 6 heteroatoms. The number of carbonyl (C=O) groups excluding carboxylic acids is 1. The van der Waals surface area contributed by atoms with E-state index in [1.54, 1.807) is 0 Å². The molecule has 4 nitrogen and oxygen atoms in total. The predicted octanol–water partition coefficient (Wildman–Crippen LogP) is 3.08. The summed E-state index contributed by atoms with van der Waals surface area (Å²) in [6.07, 6.45) is 2.01. The van der Waals surface area contributed by atoms with Crippen LogP contribution in [0.3, 0.4) is 0 Å². The molecule has 2 aliphatic rings. The summed E-state index contributed by atoms with van der Waals surface area (Å²) in [6, 6.07) is 5.57. The van der Waals surface area contributed by atoms with Crippen LogP contribution in [0, 0.1) is 5.41 Å². The maximum atomic E-state index is 13.3. The van der Waals surface area contributed by atoms with E-state index in [0.29, 0.717) is 31.2 Å². The summed E-state index contributed by atoms with van der Waals surface area (Å²) < 4.78 is 26.6. The van der Waals surface area contributed by atoms with Crippen LogP contribution in [0.2, 0.25) is 0 Å². The van der Waals surface area contributed by atoms with Crippen molar-refractivity contribution in [3.63, 3.8) is 0 Å². The number of halogens is 2. The number of carboxylic acids is 1. The maximum Gasteiger partial charge on any atom is 0.335 e. The Bertz CT molecular complexity index is 604. The minimum absolute atomic E-state index is 0.0166. The van der Waals surface area contributed by atoms with Gasteiger partial charge in [0, 0.05) is 23.4 Å². The third-order valence-corrected chi connectivity index (χ3v) is 4.88. The van der Waals surface area contributed by atoms with Gasteiger partial charge in [-0.25, -0.2) is 13.6 Å². The lowest BCUT2D eigenvalue weighted by Gasteiger charge is -2.29. The van der Waals surface area contributed by atoms with E-state index in [9.17, 15) is 18.4 Å². The fourth-order valence-electron chi connectivity index (χ4n) is 3.27. The summed E-state index contributed by atoms with van der Waals surface area (Å²) in [5.41, 5.74) is -0.314. The molecule has 1 spiro atoms. The number of nitrogens with one attached hydrogen (secondary N) is 1. The van der Waals surface area contributed by atoms with Gasteiger partial charge in [-0.1, -0.05) is 0 Å². The third-order valence-electron chi connectivity index (χ3n) is 4.88. The lowest BCUT2D eigenvalue weighted by atomic mass is 9.83. The molecule has 2 fully saturated rings. The number of carboxylic acid groups (broad SMARTS) is 1. The van der Waals surface area contributed by atoms with Crippen molar-refractivity contribution < 1.29 is 23.5 Å². The maximum absolute atomic E-state index is 13.3. The SMILES string of the molecule is O=C(O)c1ccc(C(=O)NC2CCC3(CC2)CC3(F)F)cc1. The van der Waals surface area contributed by atoms with E-state index < -0.39 is 17.3 Å². The molecular weight excluding hydrogens is 292 g/mol. The number of alkyl halides is 2. The summed E-state index contributed by atoms with van der Waals surface area (Å²) in [6.45, 7) is 0. The van der Waals surface area contributed by atoms with E-state index >= 15 is 0 Å². The summed E-state index contributed by atoms with van der Waals surface area (Å²) in [5, 5.41) is 11.7. The van der Waals surface area contributed by atoms with E-state index in [4.69, 9.17) is 5.11 Å². The van der Waals surface area contributed by atoms with Crippen LogP contribution in [-0.4, -0.2) is 28.9 Å². The fraction of sp³-hybridized carbons (Fsp3) is 0.500. The zero-order valence-electron chi connectivity index (χ0n) is 11.9. The first-order valence-corrected chi connectivity index (χ1v) is 7.35. The minimum Gasteiger partial charge on any atom is -0.478 e. The number of aromatic carboxylic acids is 1. The highest BCUT2D eigenvalue weighted by molar-refractivity contribution is 5.96.